The molecular weight excluding hydrogens is 325 g/mol. The molecule has 3 N–H and O–H groups in total. The quantitative estimate of drug-likeness (QED) is 0.781. The van der Waals surface area contributed by atoms with E-state index in [1.807, 2.05) is 0 Å². The molecule has 0 aromatic heterocycles. The van der Waals surface area contributed by atoms with Gasteiger partial charge in [-0.05, 0) is 30.3 Å². The van der Waals surface area contributed by atoms with Crippen molar-refractivity contribution < 1.29 is 8.78 Å². The number of nitrogens with one attached hydrogen (secondary N) is 1. The van der Waals surface area contributed by atoms with Crippen LogP contribution in [0.3, 0.4) is 0 Å². The molecule has 94 valence electrons. The molecule has 0 spiro atoms. The summed E-state index contributed by atoms with van der Waals surface area (Å²) in [7, 11) is 0. The summed E-state index contributed by atoms with van der Waals surface area (Å²) in [5.74, 6) is -2.01. The number of halogens is 4. The van der Waals surface area contributed by atoms with E-state index in [9.17, 15) is 8.78 Å². The molecule has 2 rings (SSSR count). The summed E-state index contributed by atoms with van der Waals surface area (Å²) >= 11 is 9.23. The average molecular weight is 334 g/mol. The number of hydrogen-bond acceptors (Lipinski definition) is 2. The van der Waals surface area contributed by atoms with Crippen molar-refractivity contribution in [1.82, 2.24) is 0 Å². The van der Waals surface area contributed by atoms with E-state index in [4.69, 9.17) is 17.3 Å². The van der Waals surface area contributed by atoms with E-state index in [0.717, 1.165) is 10.5 Å². The minimum Gasteiger partial charge on any atom is -0.397 e. The second-order valence-corrected chi connectivity index (χ2v) is 4.90. The van der Waals surface area contributed by atoms with Gasteiger partial charge in [0.15, 0.2) is 11.6 Å². The van der Waals surface area contributed by atoms with E-state index >= 15 is 0 Å². The molecule has 0 radical (unpaired) electrons. The van der Waals surface area contributed by atoms with Crippen molar-refractivity contribution >= 4 is 44.6 Å². The number of anilines is 3. The van der Waals surface area contributed by atoms with Gasteiger partial charge in [-0.1, -0.05) is 27.5 Å². The molecule has 18 heavy (non-hydrogen) atoms. The Balaban J connectivity index is 2.43. The first-order valence-electron chi connectivity index (χ1n) is 4.94. The van der Waals surface area contributed by atoms with Crippen molar-refractivity contribution in [2.45, 2.75) is 0 Å². The zero-order valence-electron chi connectivity index (χ0n) is 8.98. The van der Waals surface area contributed by atoms with Crippen LogP contribution in [-0.2, 0) is 0 Å². The summed E-state index contributed by atoms with van der Waals surface area (Å²) in [6, 6.07) is 7.25. The van der Waals surface area contributed by atoms with Gasteiger partial charge in [-0.3, -0.25) is 0 Å². The minimum atomic E-state index is -1.03. The second-order valence-electron chi connectivity index (χ2n) is 3.57. The first-order valence-corrected chi connectivity index (χ1v) is 6.11. The summed E-state index contributed by atoms with van der Waals surface area (Å²) in [5, 5.41) is 3.05. The van der Waals surface area contributed by atoms with E-state index in [0.29, 0.717) is 10.7 Å². The Hall–Kier alpha value is -1.33. The van der Waals surface area contributed by atoms with Crippen molar-refractivity contribution in [3.8, 4) is 0 Å². The number of benzene rings is 2. The van der Waals surface area contributed by atoms with Crippen LogP contribution in [0.1, 0.15) is 0 Å². The van der Waals surface area contributed by atoms with Gasteiger partial charge in [0.2, 0.25) is 0 Å². The van der Waals surface area contributed by atoms with Crippen molar-refractivity contribution in [2.24, 2.45) is 0 Å². The molecule has 0 bridgehead atoms. The van der Waals surface area contributed by atoms with Crippen LogP contribution in [0.25, 0.3) is 0 Å². The van der Waals surface area contributed by atoms with Gasteiger partial charge in [0.25, 0.3) is 0 Å². The molecular formula is C12H8BrClF2N2. The van der Waals surface area contributed by atoms with Gasteiger partial charge in [0.1, 0.15) is 5.69 Å². The van der Waals surface area contributed by atoms with Gasteiger partial charge in [0.05, 0.1) is 16.4 Å². The van der Waals surface area contributed by atoms with Gasteiger partial charge < -0.3 is 11.1 Å². The molecule has 2 nitrogen and oxygen atoms in total. The molecule has 0 saturated carbocycles. The fourth-order valence-corrected chi connectivity index (χ4v) is 2.14. The molecule has 0 saturated heterocycles. The van der Waals surface area contributed by atoms with Crippen LogP contribution in [0.4, 0.5) is 25.8 Å². The summed E-state index contributed by atoms with van der Waals surface area (Å²) in [5.41, 5.74) is 6.02. The van der Waals surface area contributed by atoms with Crippen LogP contribution in [0, 0.1) is 11.6 Å². The molecule has 0 atom stereocenters. The lowest BCUT2D eigenvalue weighted by Gasteiger charge is -2.12. The fraction of sp³-hybridized carbons (Fsp3) is 0. The lowest BCUT2D eigenvalue weighted by atomic mass is 10.2. The maximum absolute atomic E-state index is 13.6. The zero-order valence-corrected chi connectivity index (χ0v) is 11.3. The molecule has 0 fully saturated rings. The minimum absolute atomic E-state index is 0.105. The average Bonchev–Trinajstić information content (AvgIpc) is 2.32. The molecule has 0 amide bonds. The van der Waals surface area contributed by atoms with Crippen LogP contribution in [0.2, 0.25) is 5.02 Å². The van der Waals surface area contributed by atoms with Crippen LogP contribution < -0.4 is 11.1 Å². The molecule has 0 aliphatic heterocycles. The van der Waals surface area contributed by atoms with Crippen molar-refractivity contribution in [3.63, 3.8) is 0 Å². The molecule has 0 aliphatic carbocycles. The summed E-state index contributed by atoms with van der Waals surface area (Å²) in [6.45, 7) is 0. The van der Waals surface area contributed by atoms with Gasteiger partial charge in [-0.2, -0.15) is 0 Å². The summed E-state index contributed by atoms with van der Waals surface area (Å²) in [4.78, 5) is 0. The number of nitrogen functional groups attached to an aromatic ring is 1. The Morgan fingerprint density at radius 1 is 1.17 bits per heavy atom. The topological polar surface area (TPSA) is 38.0 Å². The first kappa shape index (κ1) is 13.1. The van der Waals surface area contributed by atoms with E-state index in [1.165, 1.54) is 6.07 Å². The third-order valence-electron chi connectivity index (χ3n) is 2.32. The predicted molar refractivity (Wildman–Crippen MR) is 73.2 cm³/mol. The molecule has 2 aromatic carbocycles. The van der Waals surface area contributed by atoms with Crippen LogP contribution in [0.5, 0.6) is 0 Å². The maximum atomic E-state index is 13.6. The number of rotatable bonds is 2. The van der Waals surface area contributed by atoms with Crippen molar-refractivity contribution in [3.05, 3.63) is 51.5 Å². The van der Waals surface area contributed by atoms with Crippen molar-refractivity contribution in [2.75, 3.05) is 11.1 Å². The standard InChI is InChI=1S/C12H8BrClF2N2/c13-6-1-4-10(7(14)5-6)18-12-9(17)3-2-8(15)11(12)16/h1-5,18H,17H2. The van der Waals surface area contributed by atoms with Crippen LogP contribution >= 0.6 is 27.5 Å². The van der Waals surface area contributed by atoms with E-state index in [2.05, 4.69) is 21.2 Å². The molecule has 0 unspecified atom stereocenters. The largest absolute Gasteiger partial charge is 0.397 e. The predicted octanol–water partition coefficient (Wildman–Crippen LogP) is 4.71. The van der Waals surface area contributed by atoms with Crippen LogP contribution in [-0.4, -0.2) is 0 Å². The van der Waals surface area contributed by atoms with E-state index < -0.39 is 11.6 Å². The fourth-order valence-electron chi connectivity index (χ4n) is 1.42. The Bertz CT molecular complexity index is 605. The monoisotopic (exact) mass is 332 g/mol. The highest BCUT2D eigenvalue weighted by Crippen LogP contribution is 2.32. The normalized spacial score (nSPS) is 10.4. The Morgan fingerprint density at radius 3 is 2.56 bits per heavy atom. The Kier molecular flexibility index (Phi) is 3.73. The van der Waals surface area contributed by atoms with Crippen molar-refractivity contribution in [1.29, 1.82) is 0 Å². The highest BCUT2D eigenvalue weighted by Gasteiger charge is 2.13. The first-order chi connectivity index (χ1) is 8.49. The SMILES string of the molecule is Nc1ccc(F)c(F)c1Nc1ccc(Br)cc1Cl. The van der Waals surface area contributed by atoms with Gasteiger partial charge in [-0.15, -0.1) is 0 Å². The lowest BCUT2D eigenvalue weighted by molar-refractivity contribution is 0.512. The maximum Gasteiger partial charge on any atom is 0.184 e. The van der Waals surface area contributed by atoms with Crippen LogP contribution in [0.15, 0.2) is 34.8 Å². The lowest BCUT2D eigenvalue weighted by Crippen LogP contribution is -2.01. The third kappa shape index (κ3) is 2.57. The number of hydrogen-bond donors (Lipinski definition) is 2. The third-order valence-corrected chi connectivity index (χ3v) is 3.12. The Labute approximate surface area is 116 Å². The summed E-state index contributed by atoms with van der Waals surface area (Å²) in [6.07, 6.45) is 0. The molecule has 0 heterocycles. The van der Waals surface area contributed by atoms with Gasteiger partial charge in [0, 0.05) is 4.47 Å². The highest BCUT2D eigenvalue weighted by molar-refractivity contribution is 9.10. The van der Waals surface area contributed by atoms with Gasteiger partial charge >= 0.3 is 0 Å². The summed E-state index contributed by atoms with van der Waals surface area (Å²) < 4.78 is 27.5. The number of nitrogens with two attached hydrogens (primary N) is 1. The smallest absolute Gasteiger partial charge is 0.184 e. The molecule has 0 aliphatic rings. The van der Waals surface area contributed by atoms with Gasteiger partial charge in [-0.25, -0.2) is 8.78 Å². The molecule has 6 heteroatoms. The Morgan fingerprint density at radius 2 is 1.89 bits per heavy atom. The van der Waals surface area contributed by atoms with E-state index in [1.54, 1.807) is 18.2 Å². The second kappa shape index (κ2) is 5.12. The zero-order chi connectivity index (χ0) is 13.3. The molecule has 2 aromatic rings. The van der Waals surface area contributed by atoms with E-state index in [-0.39, 0.29) is 11.4 Å². The highest BCUT2D eigenvalue weighted by atomic mass is 79.9.